The van der Waals surface area contributed by atoms with Crippen molar-refractivity contribution >= 4 is 11.9 Å². The van der Waals surface area contributed by atoms with Gasteiger partial charge >= 0.3 is 0 Å². The number of rotatable bonds is 1. The number of ketones is 1. The molecule has 0 unspecified atom stereocenters. The molecule has 94 valence electrons. The standard InChI is InChI=1S/C17H14O2/c1-12-5-4-6-13(9-12)10-14-11-19-16-8-3-2-7-15(16)17(14)18/h2-10H,11H2,1H3/b14-10+. The van der Waals surface area contributed by atoms with Crippen molar-refractivity contribution in [3.63, 3.8) is 0 Å². The maximum absolute atomic E-state index is 12.4. The van der Waals surface area contributed by atoms with Crippen LogP contribution in [-0.2, 0) is 0 Å². The minimum absolute atomic E-state index is 0.0587. The van der Waals surface area contributed by atoms with Gasteiger partial charge < -0.3 is 4.74 Å². The van der Waals surface area contributed by atoms with E-state index >= 15 is 0 Å². The van der Waals surface area contributed by atoms with Crippen LogP contribution in [0.15, 0.2) is 54.1 Å². The summed E-state index contributed by atoms with van der Waals surface area (Å²) in [5.41, 5.74) is 3.56. The number of aryl methyl sites for hydroxylation is 1. The Hall–Kier alpha value is -2.35. The Morgan fingerprint density at radius 1 is 1.11 bits per heavy atom. The molecule has 3 rings (SSSR count). The number of Topliss-reactive ketones (excluding diaryl/α,β-unsaturated/α-hetero) is 1. The van der Waals surface area contributed by atoms with Crippen LogP contribution in [0, 0.1) is 6.92 Å². The van der Waals surface area contributed by atoms with E-state index in [1.54, 1.807) is 6.07 Å². The quantitative estimate of drug-likeness (QED) is 0.722. The fourth-order valence-electron chi connectivity index (χ4n) is 2.24. The van der Waals surface area contributed by atoms with Crippen LogP contribution in [0.1, 0.15) is 21.5 Å². The lowest BCUT2D eigenvalue weighted by molar-refractivity contribution is 0.100. The second-order valence-corrected chi connectivity index (χ2v) is 4.70. The van der Waals surface area contributed by atoms with Crippen molar-refractivity contribution in [2.24, 2.45) is 0 Å². The first-order valence-corrected chi connectivity index (χ1v) is 6.28. The van der Waals surface area contributed by atoms with E-state index in [0.717, 1.165) is 5.56 Å². The summed E-state index contributed by atoms with van der Waals surface area (Å²) in [6.45, 7) is 2.38. The maximum Gasteiger partial charge on any atom is 0.196 e. The van der Waals surface area contributed by atoms with Gasteiger partial charge in [0.2, 0.25) is 0 Å². The molecule has 0 saturated carbocycles. The van der Waals surface area contributed by atoms with Crippen LogP contribution in [-0.4, -0.2) is 12.4 Å². The van der Waals surface area contributed by atoms with Crippen LogP contribution in [0.5, 0.6) is 5.75 Å². The van der Waals surface area contributed by atoms with Gasteiger partial charge in [0.15, 0.2) is 5.78 Å². The highest BCUT2D eigenvalue weighted by Gasteiger charge is 2.22. The number of carbonyl (C=O) groups is 1. The molecule has 1 aliphatic rings. The monoisotopic (exact) mass is 250 g/mol. The molecule has 0 atom stereocenters. The Bertz CT molecular complexity index is 668. The smallest absolute Gasteiger partial charge is 0.196 e. The molecule has 1 aliphatic heterocycles. The lowest BCUT2D eigenvalue weighted by Gasteiger charge is -2.18. The zero-order chi connectivity index (χ0) is 13.2. The van der Waals surface area contributed by atoms with Crippen molar-refractivity contribution in [2.45, 2.75) is 6.92 Å². The number of hydrogen-bond acceptors (Lipinski definition) is 2. The van der Waals surface area contributed by atoms with Gasteiger partial charge in [-0.15, -0.1) is 0 Å². The summed E-state index contributed by atoms with van der Waals surface area (Å²) in [4.78, 5) is 12.4. The Morgan fingerprint density at radius 3 is 2.79 bits per heavy atom. The minimum Gasteiger partial charge on any atom is -0.488 e. The van der Waals surface area contributed by atoms with E-state index in [2.05, 4.69) is 6.07 Å². The highest BCUT2D eigenvalue weighted by atomic mass is 16.5. The zero-order valence-corrected chi connectivity index (χ0v) is 10.7. The zero-order valence-electron chi connectivity index (χ0n) is 10.7. The third-order valence-electron chi connectivity index (χ3n) is 3.19. The summed E-state index contributed by atoms with van der Waals surface area (Å²) in [6, 6.07) is 15.4. The first-order chi connectivity index (χ1) is 9.24. The fourth-order valence-corrected chi connectivity index (χ4v) is 2.24. The van der Waals surface area contributed by atoms with E-state index in [-0.39, 0.29) is 5.78 Å². The third-order valence-corrected chi connectivity index (χ3v) is 3.19. The van der Waals surface area contributed by atoms with Gasteiger partial charge in [0.25, 0.3) is 0 Å². The molecule has 2 aromatic rings. The first kappa shape index (κ1) is 11.7. The van der Waals surface area contributed by atoms with E-state index in [1.165, 1.54) is 5.56 Å². The van der Waals surface area contributed by atoms with Crippen LogP contribution in [0.3, 0.4) is 0 Å². The lowest BCUT2D eigenvalue weighted by atomic mass is 9.98. The van der Waals surface area contributed by atoms with Gasteiger partial charge in [-0.25, -0.2) is 0 Å². The van der Waals surface area contributed by atoms with Crippen LogP contribution in [0.4, 0.5) is 0 Å². The van der Waals surface area contributed by atoms with Gasteiger partial charge in [-0.1, -0.05) is 42.0 Å². The maximum atomic E-state index is 12.4. The second kappa shape index (κ2) is 4.73. The molecule has 0 aromatic heterocycles. The van der Waals surface area contributed by atoms with Crippen LogP contribution >= 0.6 is 0 Å². The van der Waals surface area contributed by atoms with E-state index in [0.29, 0.717) is 23.5 Å². The van der Waals surface area contributed by atoms with Crippen molar-refractivity contribution < 1.29 is 9.53 Å². The molecule has 0 spiro atoms. The molecule has 0 aliphatic carbocycles. The normalized spacial score (nSPS) is 16.1. The third kappa shape index (κ3) is 2.29. The SMILES string of the molecule is Cc1cccc(/C=C2\COc3ccccc3C2=O)c1. The summed E-state index contributed by atoms with van der Waals surface area (Å²) in [5, 5.41) is 0. The number of hydrogen-bond donors (Lipinski definition) is 0. The lowest BCUT2D eigenvalue weighted by Crippen LogP contribution is -2.18. The summed E-state index contributed by atoms with van der Waals surface area (Å²) in [6.07, 6.45) is 1.91. The number of benzene rings is 2. The van der Waals surface area contributed by atoms with Crippen LogP contribution in [0.25, 0.3) is 6.08 Å². The number of para-hydroxylation sites is 1. The molecule has 0 bridgehead atoms. The molecule has 2 nitrogen and oxygen atoms in total. The molecule has 2 heteroatoms. The molecule has 0 saturated heterocycles. The average Bonchev–Trinajstić information content (AvgIpc) is 2.42. The van der Waals surface area contributed by atoms with Gasteiger partial charge in [-0.05, 0) is 30.7 Å². The molecule has 19 heavy (non-hydrogen) atoms. The van der Waals surface area contributed by atoms with E-state index in [4.69, 9.17) is 4.74 Å². The molecule has 2 aromatic carbocycles. The molecular weight excluding hydrogens is 236 g/mol. The molecule has 0 N–H and O–H groups in total. The minimum atomic E-state index is 0.0587. The number of carbonyl (C=O) groups excluding carboxylic acids is 1. The number of fused-ring (bicyclic) bond motifs is 1. The Morgan fingerprint density at radius 2 is 1.95 bits per heavy atom. The molecule has 0 fully saturated rings. The van der Waals surface area contributed by atoms with Crippen LogP contribution < -0.4 is 4.74 Å². The Balaban J connectivity index is 1.98. The largest absolute Gasteiger partial charge is 0.488 e. The Labute approximate surface area is 112 Å². The van der Waals surface area contributed by atoms with Crippen LogP contribution in [0.2, 0.25) is 0 Å². The number of ether oxygens (including phenoxy) is 1. The predicted molar refractivity (Wildman–Crippen MR) is 75.4 cm³/mol. The molecule has 0 radical (unpaired) electrons. The van der Waals surface area contributed by atoms with Crippen molar-refractivity contribution in [3.05, 3.63) is 70.8 Å². The van der Waals surface area contributed by atoms with E-state index < -0.39 is 0 Å². The predicted octanol–water partition coefficient (Wildman–Crippen LogP) is 3.65. The highest BCUT2D eigenvalue weighted by Crippen LogP contribution is 2.27. The Kier molecular flexibility index (Phi) is 2.92. The van der Waals surface area contributed by atoms with E-state index in [1.807, 2.05) is 49.4 Å². The fraction of sp³-hybridized carbons (Fsp3) is 0.118. The summed E-state index contributed by atoms with van der Waals surface area (Å²) >= 11 is 0. The molecule has 0 amide bonds. The van der Waals surface area contributed by atoms with Crippen molar-refractivity contribution in [2.75, 3.05) is 6.61 Å². The van der Waals surface area contributed by atoms with Gasteiger partial charge in [0, 0.05) is 5.57 Å². The van der Waals surface area contributed by atoms with Gasteiger partial charge in [0.05, 0.1) is 5.56 Å². The van der Waals surface area contributed by atoms with Crippen molar-refractivity contribution in [1.29, 1.82) is 0 Å². The van der Waals surface area contributed by atoms with Gasteiger partial charge in [-0.2, -0.15) is 0 Å². The topological polar surface area (TPSA) is 26.3 Å². The highest BCUT2D eigenvalue weighted by molar-refractivity contribution is 6.14. The van der Waals surface area contributed by atoms with E-state index in [9.17, 15) is 4.79 Å². The van der Waals surface area contributed by atoms with Gasteiger partial charge in [-0.3, -0.25) is 4.79 Å². The van der Waals surface area contributed by atoms with Gasteiger partial charge in [0.1, 0.15) is 12.4 Å². The second-order valence-electron chi connectivity index (χ2n) is 4.70. The summed E-state index contributed by atoms with van der Waals surface area (Å²) in [7, 11) is 0. The van der Waals surface area contributed by atoms with Crippen molar-refractivity contribution in [3.8, 4) is 5.75 Å². The molecular formula is C17H14O2. The molecule has 1 heterocycles. The average molecular weight is 250 g/mol. The summed E-state index contributed by atoms with van der Waals surface area (Å²) in [5.74, 6) is 0.734. The first-order valence-electron chi connectivity index (χ1n) is 6.28. The summed E-state index contributed by atoms with van der Waals surface area (Å²) < 4.78 is 5.62. The van der Waals surface area contributed by atoms with Crippen molar-refractivity contribution in [1.82, 2.24) is 0 Å².